The van der Waals surface area contributed by atoms with Gasteiger partial charge < -0.3 is 0 Å². The minimum Gasteiger partial charge on any atom is -0.207 e. The molecule has 1 aromatic rings. The van der Waals surface area contributed by atoms with Gasteiger partial charge in [0.25, 0.3) is 0 Å². The van der Waals surface area contributed by atoms with Gasteiger partial charge in [0.15, 0.2) is 0 Å². The van der Waals surface area contributed by atoms with Gasteiger partial charge in [-0.15, -0.1) is 0 Å². The normalized spacial score (nSPS) is 14.1. The van der Waals surface area contributed by atoms with Crippen LogP contribution in [0.4, 0.5) is 22.0 Å². The maximum absolute atomic E-state index is 12.9. The minimum atomic E-state index is -4.64. The minimum absolute atomic E-state index is 0.516. The quantitative estimate of drug-likeness (QED) is 0.537. The van der Waals surface area contributed by atoms with E-state index < -0.39 is 28.2 Å². The van der Waals surface area contributed by atoms with Gasteiger partial charge in [-0.1, -0.05) is 15.9 Å². The second-order valence-electron chi connectivity index (χ2n) is 2.57. The third-order valence-electron chi connectivity index (χ3n) is 1.52. The lowest BCUT2D eigenvalue weighted by molar-refractivity contribution is -0.128. The lowest BCUT2D eigenvalue weighted by Crippen LogP contribution is -2.16. The van der Waals surface area contributed by atoms with Crippen molar-refractivity contribution in [3.63, 3.8) is 0 Å². The maximum atomic E-state index is 12.9. The number of rotatable bonds is 1. The molecule has 0 amide bonds. The molecule has 0 aromatic heterocycles. The number of hydrogen-bond donors (Lipinski definition) is 0. The summed E-state index contributed by atoms with van der Waals surface area (Å²) in [5, 5.41) is 0. The van der Waals surface area contributed by atoms with Crippen LogP contribution < -0.4 is 0 Å². The van der Waals surface area contributed by atoms with E-state index >= 15 is 0 Å². The molecule has 0 aliphatic carbocycles. The molecule has 0 fully saturated rings. The van der Waals surface area contributed by atoms with E-state index in [1.807, 2.05) is 0 Å². The Morgan fingerprint density at radius 2 is 1.71 bits per heavy atom. The van der Waals surface area contributed by atoms with E-state index in [1.54, 1.807) is 0 Å². The second kappa shape index (κ2) is 3.84. The van der Waals surface area contributed by atoms with Crippen LogP contribution in [0.15, 0.2) is 18.2 Å². The molecule has 0 bridgehead atoms. The Balaban J connectivity index is 3.12. The van der Waals surface area contributed by atoms with Crippen molar-refractivity contribution in [3.8, 4) is 0 Å². The zero-order valence-electron chi connectivity index (χ0n) is 6.58. The Morgan fingerprint density at radius 1 is 1.14 bits per heavy atom. The molecule has 0 saturated heterocycles. The van der Waals surface area contributed by atoms with Gasteiger partial charge in [0.05, 0.1) is 0 Å². The van der Waals surface area contributed by atoms with Crippen LogP contribution in [0.25, 0.3) is 0 Å². The largest absolute Gasteiger partial charge is 0.405 e. The fraction of sp³-hybridized carbons (Fsp3) is 0.250. The number of halogens is 6. The first-order chi connectivity index (χ1) is 6.32. The summed E-state index contributed by atoms with van der Waals surface area (Å²) in [4.78, 5) is -2.19. The van der Waals surface area contributed by atoms with Crippen LogP contribution in [0.3, 0.4) is 0 Å². The highest BCUT2D eigenvalue weighted by molar-refractivity contribution is 9.09. The summed E-state index contributed by atoms with van der Waals surface area (Å²) >= 11 is 2.26. The fourth-order valence-electron chi connectivity index (χ4n) is 0.885. The van der Waals surface area contributed by atoms with Crippen molar-refractivity contribution in [2.24, 2.45) is 0 Å². The van der Waals surface area contributed by atoms with Crippen molar-refractivity contribution in [1.82, 2.24) is 0 Å². The third kappa shape index (κ3) is 2.43. The van der Waals surface area contributed by atoms with Crippen LogP contribution in [-0.2, 0) is 0 Å². The van der Waals surface area contributed by atoms with E-state index in [4.69, 9.17) is 0 Å². The van der Waals surface area contributed by atoms with Gasteiger partial charge in [-0.3, -0.25) is 0 Å². The highest BCUT2D eigenvalue weighted by Crippen LogP contribution is 2.40. The summed E-state index contributed by atoms with van der Waals surface area (Å²) in [6.07, 6.45) is -4.64. The molecule has 0 radical (unpaired) electrons. The highest BCUT2D eigenvalue weighted by Gasteiger charge is 2.40. The van der Waals surface area contributed by atoms with Gasteiger partial charge in [-0.05, 0) is 18.2 Å². The summed E-state index contributed by atoms with van der Waals surface area (Å²) in [5.74, 6) is -2.00. The Kier molecular flexibility index (Phi) is 3.14. The molecule has 1 atom stereocenters. The highest BCUT2D eigenvalue weighted by atomic mass is 79.9. The van der Waals surface area contributed by atoms with Crippen molar-refractivity contribution < 1.29 is 22.0 Å². The van der Waals surface area contributed by atoms with Gasteiger partial charge in [0.1, 0.15) is 16.5 Å². The van der Waals surface area contributed by atoms with Crippen LogP contribution in [0.5, 0.6) is 0 Å². The zero-order chi connectivity index (χ0) is 10.9. The van der Waals surface area contributed by atoms with Crippen LogP contribution in [0.1, 0.15) is 10.4 Å². The molecule has 1 aromatic carbocycles. The van der Waals surface area contributed by atoms with Crippen molar-refractivity contribution in [2.75, 3.05) is 0 Å². The first-order valence-electron chi connectivity index (χ1n) is 3.48. The lowest BCUT2D eigenvalue weighted by atomic mass is 10.1. The molecule has 0 heterocycles. The smallest absolute Gasteiger partial charge is 0.207 e. The standard InChI is InChI=1S/C8H4BrF5/c9-7(8(12,13)14)5-3-4(10)1-2-6(5)11/h1-3,7H. The first-order valence-corrected chi connectivity index (χ1v) is 4.39. The zero-order valence-corrected chi connectivity index (χ0v) is 8.16. The Labute approximate surface area is 84.9 Å². The topological polar surface area (TPSA) is 0 Å². The first kappa shape index (κ1) is 11.4. The van der Waals surface area contributed by atoms with Crippen LogP contribution in [-0.4, -0.2) is 6.18 Å². The summed E-state index contributed by atoms with van der Waals surface area (Å²) in [7, 11) is 0. The fourth-order valence-corrected chi connectivity index (χ4v) is 1.24. The molecule has 0 N–H and O–H groups in total. The van der Waals surface area contributed by atoms with Crippen LogP contribution >= 0.6 is 15.9 Å². The molecule has 0 saturated carbocycles. The van der Waals surface area contributed by atoms with E-state index in [0.29, 0.717) is 12.1 Å². The molecule has 0 spiro atoms. The summed E-state index contributed by atoms with van der Waals surface area (Å²) < 4.78 is 61.7. The summed E-state index contributed by atoms with van der Waals surface area (Å²) in [6, 6.07) is 1.93. The van der Waals surface area contributed by atoms with E-state index in [9.17, 15) is 22.0 Å². The molecular weight excluding hydrogens is 271 g/mol. The summed E-state index contributed by atoms with van der Waals surface area (Å²) in [5.41, 5.74) is -0.752. The number of alkyl halides is 4. The SMILES string of the molecule is Fc1ccc(F)c(C(Br)C(F)(F)F)c1. The van der Waals surface area contributed by atoms with Crippen molar-refractivity contribution >= 4 is 15.9 Å². The average Bonchev–Trinajstić information content (AvgIpc) is 2.06. The van der Waals surface area contributed by atoms with Crippen LogP contribution in [0.2, 0.25) is 0 Å². The van der Waals surface area contributed by atoms with Gasteiger partial charge >= 0.3 is 6.18 Å². The van der Waals surface area contributed by atoms with Gasteiger partial charge in [-0.25, -0.2) is 8.78 Å². The van der Waals surface area contributed by atoms with E-state index in [-0.39, 0.29) is 0 Å². The van der Waals surface area contributed by atoms with E-state index in [2.05, 4.69) is 15.9 Å². The van der Waals surface area contributed by atoms with Crippen molar-refractivity contribution in [1.29, 1.82) is 0 Å². The third-order valence-corrected chi connectivity index (χ3v) is 2.53. The predicted molar refractivity (Wildman–Crippen MR) is 44.1 cm³/mol. The van der Waals surface area contributed by atoms with Gasteiger partial charge in [-0.2, -0.15) is 13.2 Å². The van der Waals surface area contributed by atoms with Crippen LogP contribution in [0, 0.1) is 11.6 Å². The molecule has 0 aliphatic rings. The maximum Gasteiger partial charge on any atom is 0.405 e. The number of hydrogen-bond acceptors (Lipinski definition) is 0. The van der Waals surface area contributed by atoms with E-state index in [0.717, 1.165) is 6.07 Å². The molecule has 0 nitrogen and oxygen atoms in total. The molecule has 0 aliphatic heterocycles. The van der Waals surface area contributed by atoms with Crippen molar-refractivity contribution in [2.45, 2.75) is 11.0 Å². The second-order valence-corrected chi connectivity index (χ2v) is 3.49. The molecular formula is C8H4BrF5. The molecule has 1 unspecified atom stereocenters. The van der Waals surface area contributed by atoms with Crippen molar-refractivity contribution in [3.05, 3.63) is 35.4 Å². The Hall–Kier alpha value is -0.650. The lowest BCUT2D eigenvalue weighted by Gasteiger charge is -2.14. The Bertz CT molecular complexity index is 333. The monoisotopic (exact) mass is 274 g/mol. The van der Waals surface area contributed by atoms with Gasteiger partial charge in [0.2, 0.25) is 0 Å². The predicted octanol–water partition coefficient (Wildman–Crippen LogP) is 3.96. The molecule has 1 rings (SSSR count). The molecule has 14 heavy (non-hydrogen) atoms. The van der Waals surface area contributed by atoms with E-state index in [1.165, 1.54) is 0 Å². The summed E-state index contributed by atoms with van der Waals surface area (Å²) in [6.45, 7) is 0. The molecule has 6 heteroatoms. The molecule has 78 valence electrons. The average molecular weight is 275 g/mol. The van der Waals surface area contributed by atoms with Gasteiger partial charge in [0, 0.05) is 5.56 Å². The number of benzene rings is 1. The Morgan fingerprint density at radius 3 is 2.21 bits per heavy atom.